The Bertz CT molecular complexity index is 721. The van der Waals surface area contributed by atoms with Crippen LogP contribution in [0, 0.1) is 5.82 Å². The summed E-state index contributed by atoms with van der Waals surface area (Å²) >= 11 is -2.06. The number of hydrogen-bond acceptors (Lipinski definition) is 4. The van der Waals surface area contributed by atoms with E-state index in [1.54, 1.807) is 0 Å². The van der Waals surface area contributed by atoms with E-state index in [9.17, 15) is 35.5 Å². The molecule has 1 aromatic rings. The molecule has 1 unspecified atom stereocenters. The molecular weight excluding hydrogens is 394 g/mol. The lowest BCUT2D eigenvalue weighted by molar-refractivity contribution is -0.363. The second kappa shape index (κ2) is 6.56. The minimum atomic E-state index is -5.92. The first-order chi connectivity index (χ1) is 11.8. The Morgan fingerprint density at radius 3 is 2.31 bits per heavy atom. The number of halogens is 7. The van der Waals surface area contributed by atoms with Gasteiger partial charge < -0.3 is 19.4 Å². The topological polar surface area (TPSA) is 81.8 Å². The molecule has 13 heteroatoms. The van der Waals surface area contributed by atoms with Gasteiger partial charge in [0.05, 0.1) is 7.11 Å². The molecule has 0 spiro atoms. The Hall–Kier alpha value is -1.55. The summed E-state index contributed by atoms with van der Waals surface area (Å²) < 4.78 is 102. The molecule has 1 aliphatic heterocycles. The van der Waals surface area contributed by atoms with E-state index in [1.165, 1.54) is 0 Å². The van der Waals surface area contributed by atoms with Crippen LogP contribution in [0.15, 0.2) is 6.07 Å². The van der Waals surface area contributed by atoms with Crippen molar-refractivity contribution in [1.82, 2.24) is 0 Å². The molecule has 1 aromatic carbocycles. The highest BCUT2D eigenvalue weighted by molar-refractivity contribution is 6.50. The minimum Gasteiger partial charge on any atom is -0.493 e. The predicted molar refractivity (Wildman–Crippen MR) is 72.5 cm³/mol. The predicted octanol–water partition coefficient (Wildman–Crippen LogP) is 1.38. The number of carboxylic acid groups (broad SMARTS) is 1. The number of ether oxygens (including phenoxy) is 1. The molecule has 143 valence electrons. The van der Waals surface area contributed by atoms with Crippen LogP contribution >= 0.6 is 0 Å². The van der Waals surface area contributed by atoms with Gasteiger partial charge in [-0.3, -0.25) is 4.79 Å². The molecule has 0 aromatic heterocycles. The Labute approximate surface area is 147 Å². The van der Waals surface area contributed by atoms with Crippen LogP contribution in [0.4, 0.5) is 30.7 Å². The number of benzene rings is 1. The second-order valence-corrected chi connectivity index (χ2v) is 6.44. The first-order valence-electron chi connectivity index (χ1n) is 6.80. The number of rotatable bonds is 4. The number of carboxylic acids is 1. The maximum absolute atomic E-state index is 14.2. The fourth-order valence-corrected chi connectivity index (χ4v) is 4.16. The molecule has 0 saturated carbocycles. The average molecular weight is 404 g/mol. The van der Waals surface area contributed by atoms with Crippen molar-refractivity contribution in [3.63, 3.8) is 0 Å². The quantitative estimate of drug-likeness (QED) is 0.586. The van der Waals surface area contributed by atoms with Gasteiger partial charge in [-0.2, -0.15) is 26.3 Å². The van der Waals surface area contributed by atoms with Crippen molar-refractivity contribution >= 4 is 25.9 Å². The molecular formula is C13H10AlF7NO4. The highest BCUT2D eigenvalue weighted by atomic mass is 27.1. The summed E-state index contributed by atoms with van der Waals surface area (Å²) in [6, 6.07) is -1.63. The molecule has 26 heavy (non-hydrogen) atoms. The Kier molecular flexibility index (Phi) is 5.24. The van der Waals surface area contributed by atoms with Crippen molar-refractivity contribution in [2.24, 2.45) is 5.73 Å². The molecule has 1 radical (unpaired) electrons. The van der Waals surface area contributed by atoms with Crippen LogP contribution < -0.4 is 14.9 Å². The van der Waals surface area contributed by atoms with E-state index in [0.717, 1.165) is 7.11 Å². The number of fused-ring (bicyclic) bond motifs is 1. The summed E-state index contributed by atoms with van der Waals surface area (Å²) in [5, 5.41) is 8.84. The van der Waals surface area contributed by atoms with Gasteiger partial charge in [0, 0.05) is 6.42 Å². The van der Waals surface area contributed by atoms with Crippen molar-refractivity contribution in [2.75, 3.05) is 7.11 Å². The summed E-state index contributed by atoms with van der Waals surface area (Å²) in [6.07, 6.45) is -12.6. The third-order valence-corrected chi connectivity index (χ3v) is 5.22. The van der Waals surface area contributed by atoms with Crippen LogP contribution in [0.1, 0.15) is 11.1 Å². The van der Waals surface area contributed by atoms with Crippen molar-refractivity contribution in [3.8, 4) is 5.75 Å². The zero-order chi connectivity index (χ0) is 20.1. The molecule has 0 aliphatic carbocycles. The van der Waals surface area contributed by atoms with Crippen molar-refractivity contribution in [1.29, 1.82) is 0 Å². The zero-order valence-corrected chi connectivity index (χ0v) is 14.0. The molecule has 1 heterocycles. The van der Waals surface area contributed by atoms with Crippen LogP contribution in [-0.2, 0) is 20.6 Å². The first kappa shape index (κ1) is 20.8. The molecule has 0 amide bonds. The van der Waals surface area contributed by atoms with Crippen LogP contribution in [-0.4, -0.2) is 52.1 Å². The Balaban J connectivity index is 2.79. The van der Waals surface area contributed by atoms with Gasteiger partial charge in [-0.25, -0.2) is 4.39 Å². The third-order valence-electron chi connectivity index (χ3n) is 3.85. The molecule has 2 rings (SSSR count). The van der Waals surface area contributed by atoms with Gasteiger partial charge in [-0.05, 0) is 17.2 Å². The SMILES string of the molecule is COc1c(F)cc2[c](c1CC(N)C(=O)O)[Al][O]C2(C(F)(F)F)C(F)(F)F. The van der Waals surface area contributed by atoms with Crippen LogP contribution in [0.5, 0.6) is 5.75 Å². The standard InChI is InChI=1S/C13H10F7NO4.Al/c1-25-9-5(3-8(21)10(22)23)2-6(4-7(9)14)11(24,12(15,16)17)13(18,19)20;/h4,8H,3,21H2,1H3,(H,22,23);/q-1;+1. The van der Waals surface area contributed by atoms with E-state index < -0.39 is 79.1 Å². The number of hydrogen-bond donors (Lipinski definition) is 2. The van der Waals surface area contributed by atoms with E-state index in [2.05, 4.69) is 3.79 Å². The highest BCUT2D eigenvalue weighted by Gasteiger charge is 2.75. The maximum Gasteiger partial charge on any atom is 0.471 e. The van der Waals surface area contributed by atoms with Crippen LogP contribution in [0.25, 0.3) is 0 Å². The normalized spacial score (nSPS) is 17.4. The second-order valence-electron chi connectivity index (χ2n) is 5.39. The summed E-state index contributed by atoms with van der Waals surface area (Å²) in [7, 11) is 0.937. The van der Waals surface area contributed by atoms with Gasteiger partial charge in [0.25, 0.3) is 5.60 Å². The fourth-order valence-electron chi connectivity index (χ4n) is 2.67. The summed E-state index contributed by atoms with van der Waals surface area (Å²) in [6.45, 7) is 0. The van der Waals surface area contributed by atoms with Gasteiger partial charge in [0.2, 0.25) is 0 Å². The van der Waals surface area contributed by atoms with Gasteiger partial charge in [0.1, 0.15) is 6.04 Å². The van der Waals surface area contributed by atoms with Gasteiger partial charge in [-0.15, -0.1) is 0 Å². The monoisotopic (exact) mass is 404 g/mol. The van der Waals surface area contributed by atoms with Crippen molar-refractivity contribution in [2.45, 2.75) is 30.4 Å². The zero-order valence-electron chi connectivity index (χ0n) is 12.8. The van der Waals surface area contributed by atoms with E-state index in [1.807, 2.05) is 0 Å². The fraction of sp³-hybridized carbons (Fsp3) is 0.462. The number of aliphatic carboxylic acids is 1. The molecule has 3 N–H and O–H groups in total. The van der Waals surface area contributed by atoms with E-state index in [-0.39, 0.29) is 6.07 Å². The number of nitrogens with two attached hydrogens (primary N) is 1. The molecule has 0 saturated heterocycles. The molecule has 1 atom stereocenters. The van der Waals surface area contributed by atoms with E-state index >= 15 is 0 Å². The summed E-state index contributed by atoms with van der Waals surface area (Å²) in [4.78, 5) is 10.9. The molecule has 5 nitrogen and oxygen atoms in total. The maximum atomic E-state index is 14.2. The summed E-state index contributed by atoms with van der Waals surface area (Å²) in [5.41, 5.74) is -1.34. The van der Waals surface area contributed by atoms with Gasteiger partial charge in [-0.1, -0.05) is 4.43 Å². The molecule has 0 bridgehead atoms. The van der Waals surface area contributed by atoms with Gasteiger partial charge >= 0.3 is 33.9 Å². The van der Waals surface area contributed by atoms with Crippen molar-refractivity contribution < 1.29 is 49.2 Å². The lowest BCUT2D eigenvalue weighted by atomic mass is 9.89. The molecule has 0 fully saturated rings. The van der Waals surface area contributed by atoms with Crippen molar-refractivity contribution in [3.05, 3.63) is 23.0 Å². The number of alkyl halides is 6. The smallest absolute Gasteiger partial charge is 0.471 e. The highest BCUT2D eigenvalue weighted by Crippen LogP contribution is 2.54. The largest absolute Gasteiger partial charge is 0.493 e. The van der Waals surface area contributed by atoms with E-state index in [0.29, 0.717) is 0 Å². The Morgan fingerprint density at radius 2 is 1.88 bits per heavy atom. The number of methoxy groups -OCH3 is 1. The lowest BCUT2D eigenvalue weighted by Gasteiger charge is -2.35. The lowest BCUT2D eigenvalue weighted by Crippen LogP contribution is -2.54. The van der Waals surface area contributed by atoms with Gasteiger partial charge in [0.15, 0.2) is 11.6 Å². The summed E-state index contributed by atoms with van der Waals surface area (Å²) in [5.74, 6) is -3.75. The Morgan fingerprint density at radius 1 is 1.35 bits per heavy atom. The van der Waals surface area contributed by atoms with Crippen LogP contribution in [0.2, 0.25) is 0 Å². The average Bonchev–Trinajstić information content (AvgIpc) is 2.86. The van der Waals surface area contributed by atoms with E-state index in [4.69, 9.17) is 15.6 Å². The first-order valence-corrected chi connectivity index (χ1v) is 7.85. The third kappa shape index (κ3) is 3.02. The number of carbonyl (C=O) groups is 1. The minimum absolute atomic E-state index is 0.0605. The van der Waals surface area contributed by atoms with Crippen LogP contribution in [0.3, 0.4) is 0 Å². The molecule has 1 aliphatic rings.